The molecule has 0 saturated carbocycles. The molecule has 0 aliphatic carbocycles. The lowest BCUT2D eigenvalue weighted by Gasteiger charge is -2.10. The van der Waals surface area contributed by atoms with Crippen molar-refractivity contribution < 1.29 is 13.2 Å². The van der Waals surface area contributed by atoms with E-state index in [0.29, 0.717) is 18.2 Å². The molecule has 0 spiro atoms. The number of hydrogen-bond acceptors (Lipinski definition) is 2. The van der Waals surface area contributed by atoms with Crippen molar-refractivity contribution in [3.05, 3.63) is 41.5 Å². The lowest BCUT2D eigenvalue weighted by atomic mass is 10.2. The van der Waals surface area contributed by atoms with Gasteiger partial charge in [-0.1, -0.05) is 13.3 Å². The quantitative estimate of drug-likeness (QED) is 0.668. The Kier molecular flexibility index (Phi) is 4.32. The zero-order valence-electron chi connectivity index (χ0n) is 11.4. The minimum Gasteiger partial charge on any atom is -0.355 e. The van der Waals surface area contributed by atoms with Crippen molar-refractivity contribution in [1.29, 1.82) is 0 Å². The molecule has 6 heteroatoms. The van der Waals surface area contributed by atoms with E-state index in [4.69, 9.17) is 0 Å². The number of nitrogens with one attached hydrogen (secondary N) is 1. The maximum atomic E-state index is 13.8. The standard InChI is InChI=1S/C14H16F3N3/c1-3-4-7-18-14-19-9(2)8-20(14)11-6-5-10(15)12(16)13(11)17/h5-6,8H,3-4,7H2,1-2H3,(H,18,19). The van der Waals surface area contributed by atoms with Gasteiger partial charge in [-0.2, -0.15) is 0 Å². The third-order valence-corrected chi connectivity index (χ3v) is 2.91. The van der Waals surface area contributed by atoms with Crippen molar-refractivity contribution in [3.8, 4) is 5.69 Å². The molecule has 1 aromatic heterocycles. The van der Waals surface area contributed by atoms with Crippen LogP contribution in [-0.2, 0) is 0 Å². The van der Waals surface area contributed by atoms with Crippen LogP contribution in [0.4, 0.5) is 19.1 Å². The second-order valence-electron chi connectivity index (χ2n) is 4.55. The first kappa shape index (κ1) is 14.4. The second-order valence-corrected chi connectivity index (χ2v) is 4.55. The summed E-state index contributed by atoms with van der Waals surface area (Å²) in [4.78, 5) is 4.22. The van der Waals surface area contributed by atoms with E-state index in [9.17, 15) is 13.2 Å². The van der Waals surface area contributed by atoms with Gasteiger partial charge in [-0.25, -0.2) is 18.2 Å². The first-order valence-corrected chi connectivity index (χ1v) is 6.48. The number of imidazole rings is 1. The number of rotatable bonds is 5. The van der Waals surface area contributed by atoms with Crippen molar-refractivity contribution >= 4 is 5.95 Å². The Hall–Kier alpha value is -1.98. The number of hydrogen-bond donors (Lipinski definition) is 1. The summed E-state index contributed by atoms with van der Waals surface area (Å²) in [5, 5.41) is 3.06. The SMILES string of the molecule is CCCCNc1nc(C)cn1-c1ccc(F)c(F)c1F. The highest BCUT2D eigenvalue weighted by molar-refractivity contribution is 5.44. The lowest BCUT2D eigenvalue weighted by molar-refractivity contribution is 0.445. The minimum atomic E-state index is -1.48. The van der Waals surface area contributed by atoms with Crippen molar-refractivity contribution in [2.75, 3.05) is 11.9 Å². The van der Waals surface area contributed by atoms with Crippen LogP contribution in [0, 0.1) is 24.4 Å². The van der Waals surface area contributed by atoms with Crippen LogP contribution >= 0.6 is 0 Å². The van der Waals surface area contributed by atoms with Gasteiger partial charge in [0.2, 0.25) is 5.95 Å². The summed E-state index contributed by atoms with van der Waals surface area (Å²) < 4.78 is 41.5. The average Bonchev–Trinajstić information content (AvgIpc) is 2.78. The molecular weight excluding hydrogens is 267 g/mol. The fraction of sp³-hybridized carbons (Fsp3) is 0.357. The zero-order valence-corrected chi connectivity index (χ0v) is 11.4. The molecule has 0 aliphatic heterocycles. The molecule has 1 aromatic carbocycles. The first-order valence-electron chi connectivity index (χ1n) is 6.48. The van der Waals surface area contributed by atoms with E-state index in [1.54, 1.807) is 13.1 Å². The number of aromatic nitrogens is 2. The van der Waals surface area contributed by atoms with Gasteiger partial charge in [0.25, 0.3) is 0 Å². The molecule has 0 atom stereocenters. The molecule has 0 fully saturated rings. The highest BCUT2D eigenvalue weighted by Gasteiger charge is 2.17. The van der Waals surface area contributed by atoms with Crippen LogP contribution in [0.25, 0.3) is 5.69 Å². The molecule has 0 bridgehead atoms. The first-order chi connectivity index (χ1) is 9.54. The predicted octanol–water partition coefficient (Wildman–Crippen LogP) is 3.81. The highest BCUT2D eigenvalue weighted by Crippen LogP contribution is 2.23. The molecular formula is C14H16F3N3. The van der Waals surface area contributed by atoms with Gasteiger partial charge in [0.05, 0.1) is 11.4 Å². The molecule has 2 rings (SSSR count). The van der Waals surface area contributed by atoms with Crippen molar-refractivity contribution in [2.24, 2.45) is 0 Å². The largest absolute Gasteiger partial charge is 0.355 e. The Morgan fingerprint density at radius 3 is 2.65 bits per heavy atom. The Bertz CT molecular complexity index is 608. The molecule has 0 radical (unpaired) electrons. The molecule has 1 N–H and O–H groups in total. The Balaban J connectivity index is 2.40. The number of anilines is 1. The van der Waals surface area contributed by atoms with Crippen LogP contribution in [0.5, 0.6) is 0 Å². The van der Waals surface area contributed by atoms with E-state index >= 15 is 0 Å². The van der Waals surface area contributed by atoms with Crippen LogP contribution in [0.2, 0.25) is 0 Å². The van der Waals surface area contributed by atoms with E-state index in [0.717, 1.165) is 18.9 Å². The van der Waals surface area contributed by atoms with E-state index in [1.165, 1.54) is 10.6 Å². The van der Waals surface area contributed by atoms with Gasteiger partial charge in [-0.3, -0.25) is 4.57 Å². The van der Waals surface area contributed by atoms with Gasteiger partial charge in [-0.15, -0.1) is 0 Å². The van der Waals surface area contributed by atoms with E-state index in [-0.39, 0.29) is 5.69 Å². The van der Waals surface area contributed by atoms with Crippen LogP contribution < -0.4 is 5.32 Å². The molecule has 0 unspecified atom stereocenters. The summed E-state index contributed by atoms with van der Waals surface area (Å²) in [6, 6.07) is 2.10. The fourth-order valence-electron chi connectivity index (χ4n) is 1.88. The van der Waals surface area contributed by atoms with Crippen LogP contribution in [0.3, 0.4) is 0 Å². The number of nitrogens with zero attached hydrogens (tertiary/aromatic N) is 2. The van der Waals surface area contributed by atoms with Crippen LogP contribution in [0.1, 0.15) is 25.5 Å². The Morgan fingerprint density at radius 1 is 1.20 bits per heavy atom. The number of unbranched alkanes of at least 4 members (excludes halogenated alkanes) is 1. The summed E-state index contributed by atoms with van der Waals surface area (Å²) in [7, 11) is 0. The van der Waals surface area contributed by atoms with Crippen LogP contribution in [0.15, 0.2) is 18.3 Å². The molecule has 0 amide bonds. The summed E-state index contributed by atoms with van der Waals surface area (Å²) in [6.45, 7) is 4.48. The van der Waals surface area contributed by atoms with Crippen molar-refractivity contribution in [1.82, 2.24) is 9.55 Å². The zero-order chi connectivity index (χ0) is 14.7. The summed E-state index contributed by atoms with van der Waals surface area (Å²) in [5.74, 6) is -3.49. The molecule has 108 valence electrons. The maximum absolute atomic E-state index is 13.8. The van der Waals surface area contributed by atoms with Gasteiger partial charge in [-0.05, 0) is 25.5 Å². The van der Waals surface area contributed by atoms with Gasteiger partial charge < -0.3 is 5.32 Å². The third kappa shape index (κ3) is 2.79. The van der Waals surface area contributed by atoms with Gasteiger partial charge in [0.15, 0.2) is 17.5 Å². The summed E-state index contributed by atoms with van der Waals surface area (Å²) >= 11 is 0. The number of halogens is 3. The molecule has 20 heavy (non-hydrogen) atoms. The number of aryl methyl sites for hydroxylation is 1. The molecule has 3 nitrogen and oxygen atoms in total. The second kappa shape index (κ2) is 5.98. The smallest absolute Gasteiger partial charge is 0.207 e. The monoisotopic (exact) mass is 283 g/mol. The van der Waals surface area contributed by atoms with E-state index < -0.39 is 17.5 Å². The van der Waals surface area contributed by atoms with Crippen molar-refractivity contribution in [2.45, 2.75) is 26.7 Å². The van der Waals surface area contributed by atoms with Gasteiger partial charge in [0, 0.05) is 12.7 Å². The predicted molar refractivity (Wildman–Crippen MR) is 71.6 cm³/mol. The topological polar surface area (TPSA) is 29.9 Å². The number of benzene rings is 1. The molecule has 0 aliphatic rings. The van der Waals surface area contributed by atoms with E-state index in [1.807, 2.05) is 0 Å². The highest BCUT2D eigenvalue weighted by atomic mass is 19.2. The Morgan fingerprint density at radius 2 is 1.95 bits per heavy atom. The minimum absolute atomic E-state index is 0.0662. The molecule has 1 heterocycles. The Labute approximate surface area is 115 Å². The van der Waals surface area contributed by atoms with E-state index in [2.05, 4.69) is 17.2 Å². The normalized spacial score (nSPS) is 10.8. The van der Waals surface area contributed by atoms with Gasteiger partial charge in [0.1, 0.15) is 0 Å². The average molecular weight is 283 g/mol. The molecule has 0 saturated heterocycles. The summed E-state index contributed by atoms with van der Waals surface area (Å²) in [5.41, 5.74) is 0.594. The maximum Gasteiger partial charge on any atom is 0.207 e. The van der Waals surface area contributed by atoms with Crippen LogP contribution in [-0.4, -0.2) is 16.1 Å². The van der Waals surface area contributed by atoms with Gasteiger partial charge >= 0.3 is 0 Å². The van der Waals surface area contributed by atoms with Crippen molar-refractivity contribution in [3.63, 3.8) is 0 Å². The molecule has 2 aromatic rings. The lowest BCUT2D eigenvalue weighted by Crippen LogP contribution is -2.09. The summed E-state index contributed by atoms with van der Waals surface area (Å²) in [6.07, 6.45) is 3.52. The fourth-order valence-corrected chi connectivity index (χ4v) is 1.88. The third-order valence-electron chi connectivity index (χ3n) is 2.91.